The van der Waals surface area contributed by atoms with Crippen molar-refractivity contribution < 1.29 is 8.78 Å². The van der Waals surface area contributed by atoms with E-state index in [4.69, 9.17) is 26.4 Å². The summed E-state index contributed by atoms with van der Waals surface area (Å²) < 4.78 is 28.5. The van der Waals surface area contributed by atoms with Crippen molar-refractivity contribution in [2.45, 2.75) is 64.1 Å². The summed E-state index contributed by atoms with van der Waals surface area (Å²) in [6, 6.07) is 16.4. The lowest BCUT2D eigenvalue weighted by Gasteiger charge is -2.34. The van der Waals surface area contributed by atoms with Gasteiger partial charge in [0.15, 0.2) is 11.6 Å². The molecular formula is C47H43F2N5. The Morgan fingerprint density at radius 2 is 1.78 bits per heavy atom. The van der Waals surface area contributed by atoms with E-state index in [1.807, 2.05) is 43.4 Å². The molecule has 4 atom stereocenters. The largest absolute Gasteiger partial charge is 0.340 e. The highest BCUT2D eigenvalue weighted by molar-refractivity contribution is 6.02. The molecule has 0 amide bonds. The van der Waals surface area contributed by atoms with Gasteiger partial charge in [-0.05, 0) is 110 Å². The molecule has 1 N–H and O–H groups in total. The van der Waals surface area contributed by atoms with Gasteiger partial charge in [0, 0.05) is 34.7 Å². The minimum atomic E-state index is -1.42. The molecule has 270 valence electrons. The minimum Gasteiger partial charge on any atom is -0.340 e. The van der Waals surface area contributed by atoms with Gasteiger partial charge in [0.1, 0.15) is 28.7 Å². The van der Waals surface area contributed by atoms with E-state index in [-0.39, 0.29) is 24.1 Å². The SMILES string of the molecule is C#C/C=C(\C=C/C)C1=CC(C)(c2ccccc2)N=C(C2=CC(C3=CC=CC(c4nc(C5=CCC(C)(F)C=C5)nc(-c5ccc(F)cc5)n4)C3)=CCC2C)N1. The molecule has 3 aliphatic carbocycles. The Balaban J connectivity index is 1.22. The zero-order valence-electron chi connectivity index (χ0n) is 31.0. The number of hydrogen-bond donors (Lipinski definition) is 1. The van der Waals surface area contributed by atoms with Crippen LogP contribution >= 0.6 is 0 Å². The lowest BCUT2D eigenvalue weighted by molar-refractivity contribution is 0.260. The summed E-state index contributed by atoms with van der Waals surface area (Å²) in [7, 11) is 0. The van der Waals surface area contributed by atoms with Crippen LogP contribution in [0.3, 0.4) is 0 Å². The van der Waals surface area contributed by atoms with Crippen molar-refractivity contribution in [1.29, 1.82) is 0 Å². The zero-order chi connectivity index (χ0) is 37.9. The first-order chi connectivity index (χ1) is 26.0. The molecule has 0 spiro atoms. The average Bonchev–Trinajstić information content (AvgIpc) is 3.18. The Morgan fingerprint density at radius 3 is 2.50 bits per heavy atom. The number of alkyl halides is 1. The second kappa shape index (κ2) is 15.2. The highest BCUT2D eigenvalue weighted by Crippen LogP contribution is 2.39. The van der Waals surface area contributed by atoms with Crippen molar-refractivity contribution in [2.75, 3.05) is 0 Å². The Labute approximate surface area is 316 Å². The number of halogens is 2. The number of aliphatic imine (C=N–C) groups is 1. The van der Waals surface area contributed by atoms with Crippen LogP contribution in [0.2, 0.25) is 0 Å². The summed E-state index contributed by atoms with van der Waals surface area (Å²) in [5.41, 5.74) is 5.65. The Hall–Kier alpha value is -6.00. The van der Waals surface area contributed by atoms with E-state index in [1.54, 1.807) is 37.3 Å². The van der Waals surface area contributed by atoms with Crippen LogP contribution in [0, 0.1) is 24.1 Å². The van der Waals surface area contributed by atoms with Crippen molar-refractivity contribution in [3.63, 3.8) is 0 Å². The van der Waals surface area contributed by atoms with Crippen molar-refractivity contribution >= 4 is 11.4 Å². The van der Waals surface area contributed by atoms with Gasteiger partial charge >= 0.3 is 0 Å². The molecule has 2 heterocycles. The first kappa shape index (κ1) is 36.4. The third kappa shape index (κ3) is 7.84. The molecule has 2 aromatic carbocycles. The van der Waals surface area contributed by atoms with Gasteiger partial charge in [0.25, 0.3) is 0 Å². The molecule has 4 unspecified atom stereocenters. The quantitative estimate of drug-likeness (QED) is 0.186. The monoisotopic (exact) mass is 715 g/mol. The van der Waals surface area contributed by atoms with Gasteiger partial charge in [-0.2, -0.15) is 0 Å². The maximum atomic E-state index is 14.7. The van der Waals surface area contributed by atoms with Crippen LogP contribution in [-0.4, -0.2) is 26.5 Å². The van der Waals surface area contributed by atoms with Gasteiger partial charge in [0.05, 0.1) is 0 Å². The summed E-state index contributed by atoms with van der Waals surface area (Å²) in [6.07, 6.45) is 31.4. The fourth-order valence-electron chi connectivity index (χ4n) is 7.12. The highest BCUT2D eigenvalue weighted by Gasteiger charge is 2.33. The molecule has 0 radical (unpaired) electrons. The van der Waals surface area contributed by atoms with Gasteiger partial charge in [-0.1, -0.05) is 91.8 Å². The second-order valence-corrected chi connectivity index (χ2v) is 14.5. The summed E-state index contributed by atoms with van der Waals surface area (Å²) in [5.74, 6) is 4.75. The van der Waals surface area contributed by atoms with Gasteiger partial charge in [-0.25, -0.2) is 23.7 Å². The molecule has 4 aliphatic rings. The van der Waals surface area contributed by atoms with E-state index in [0.29, 0.717) is 29.5 Å². The number of allylic oxidation sites excluding steroid dienone is 14. The number of terminal acetylenes is 1. The molecule has 5 nitrogen and oxygen atoms in total. The van der Waals surface area contributed by atoms with Crippen LogP contribution in [0.5, 0.6) is 0 Å². The number of benzene rings is 2. The molecule has 0 bridgehead atoms. The van der Waals surface area contributed by atoms with Crippen LogP contribution in [0.15, 0.2) is 160 Å². The van der Waals surface area contributed by atoms with E-state index in [2.05, 4.69) is 73.7 Å². The summed E-state index contributed by atoms with van der Waals surface area (Å²) in [5, 5.41) is 3.66. The first-order valence-electron chi connectivity index (χ1n) is 18.4. The maximum Gasteiger partial charge on any atom is 0.163 e. The molecule has 3 aromatic rings. The Bertz CT molecular complexity index is 2310. The number of rotatable bonds is 8. The van der Waals surface area contributed by atoms with E-state index in [9.17, 15) is 8.78 Å². The second-order valence-electron chi connectivity index (χ2n) is 14.5. The van der Waals surface area contributed by atoms with Crippen molar-refractivity contribution in [2.24, 2.45) is 10.9 Å². The Morgan fingerprint density at radius 1 is 1.00 bits per heavy atom. The van der Waals surface area contributed by atoms with Crippen LogP contribution in [-0.2, 0) is 5.54 Å². The third-order valence-electron chi connectivity index (χ3n) is 10.2. The predicted molar refractivity (Wildman–Crippen MR) is 215 cm³/mol. The molecule has 0 fully saturated rings. The lowest BCUT2D eigenvalue weighted by Crippen LogP contribution is -2.37. The van der Waals surface area contributed by atoms with E-state index in [0.717, 1.165) is 51.4 Å². The molecule has 1 aliphatic heterocycles. The summed E-state index contributed by atoms with van der Waals surface area (Å²) >= 11 is 0. The summed E-state index contributed by atoms with van der Waals surface area (Å²) in [6.45, 7) is 7.89. The predicted octanol–water partition coefficient (Wildman–Crippen LogP) is 10.5. The lowest BCUT2D eigenvalue weighted by atomic mass is 9.81. The normalized spacial score (nSPS) is 25.5. The number of nitrogens with zero attached hydrogens (tertiary/aromatic N) is 4. The fourth-order valence-corrected chi connectivity index (χ4v) is 7.12. The molecular weight excluding hydrogens is 673 g/mol. The van der Waals surface area contributed by atoms with Crippen molar-refractivity contribution in [1.82, 2.24) is 20.3 Å². The van der Waals surface area contributed by atoms with Crippen LogP contribution in [0.25, 0.3) is 17.0 Å². The highest BCUT2D eigenvalue weighted by atomic mass is 19.1. The fraction of sp³-hybridized carbons (Fsp3) is 0.234. The van der Waals surface area contributed by atoms with Gasteiger partial charge < -0.3 is 5.32 Å². The number of amidine groups is 1. The van der Waals surface area contributed by atoms with Gasteiger partial charge in [-0.3, -0.25) is 4.99 Å². The molecule has 7 heteroatoms. The topological polar surface area (TPSA) is 63.1 Å². The molecule has 0 saturated carbocycles. The molecule has 0 saturated heterocycles. The smallest absolute Gasteiger partial charge is 0.163 e. The first-order valence-corrected chi connectivity index (χ1v) is 18.4. The van der Waals surface area contributed by atoms with Crippen LogP contribution < -0.4 is 5.32 Å². The van der Waals surface area contributed by atoms with Gasteiger partial charge in [-0.15, -0.1) is 6.42 Å². The number of hydrogen-bond acceptors (Lipinski definition) is 5. The molecule has 54 heavy (non-hydrogen) atoms. The average molecular weight is 716 g/mol. The zero-order valence-corrected chi connectivity index (χ0v) is 31.0. The third-order valence-corrected chi connectivity index (χ3v) is 10.2. The number of aromatic nitrogens is 3. The maximum absolute atomic E-state index is 14.7. The summed E-state index contributed by atoms with van der Waals surface area (Å²) in [4.78, 5) is 20.0. The minimum absolute atomic E-state index is 0.152. The van der Waals surface area contributed by atoms with Crippen LogP contribution in [0.1, 0.15) is 70.1 Å². The molecule has 7 rings (SSSR count). The van der Waals surface area contributed by atoms with Crippen LogP contribution in [0.4, 0.5) is 8.78 Å². The molecule has 1 aromatic heterocycles. The van der Waals surface area contributed by atoms with E-state index in [1.165, 1.54) is 12.1 Å². The van der Waals surface area contributed by atoms with Gasteiger partial charge in [0.2, 0.25) is 0 Å². The van der Waals surface area contributed by atoms with E-state index >= 15 is 0 Å². The Kier molecular flexibility index (Phi) is 10.2. The standard InChI is InChI=1S/C47H43F2N5/c1-6-12-32(13-7-2)41-30-47(5,38-16-9-8-10-17-38)54-45(50-41)40-29-36(19-18-31(40)3)35-14-11-15-37(28-35)44-52-42(33-20-22-39(48)23-21-33)51-43(53-44)34-24-26-46(4,49)27-25-34/h1,7-17,19-26,29-31,37H,18,27-28H2,2-5H3,(H,50,54)/b13-7-,32-12+. The van der Waals surface area contributed by atoms with E-state index < -0.39 is 11.2 Å². The number of nitrogens with one attached hydrogen (secondary N) is 1. The van der Waals surface area contributed by atoms with Crippen molar-refractivity contribution in [3.05, 3.63) is 179 Å². The van der Waals surface area contributed by atoms with Crippen molar-refractivity contribution in [3.8, 4) is 23.7 Å².